The summed E-state index contributed by atoms with van der Waals surface area (Å²) in [6, 6.07) is 1.90. The Morgan fingerprint density at radius 3 is 2.84 bits per heavy atom. The topological polar surface area (TPSA) is 58.6 Å². The number of aliphatic hydroxyl groups excluding tert-OH is 1. The number of aryl methyl sites for hydroxylation is 1. The molecule has 1 aromatic heterocycles. The van der Waals surface area contributed by atoms with E-state index >= 15 is 0 Å². The Hall–Kier alpha value is -0.910. The number of hydrogen-bond acceptors (Lipinski definition) is 4. The van der Waals surface area contributed by atoms with Crippen LogP contribution in [0.3, 0.4) is 0 Å². The van der Waals surface area contributed by atoms with Crippen LogP contribution in [-0.4, -0.2) is 36.4 Å². The molecule has 4 nitrogen and oxygen atoms in total. The lowest BCUT2D eigenvalue weighted by molar-refractivity contribution is -0.0511. The first-order valence-corrected chi connectivity index (χ1v) is 7.61. The molecule has 5 heteroatoms. The van der Waals surface area contributed by atoms with E-state index in [0.717, 1.165) is 36.1 Å². The van der Waals surface area contributed by atoms with Crippen molar-refractivity contribution in [3.8, 4) is 0 Å². The standard InChI is InChI=1S/C14H21NO3S/c1-11-8-12(19-9-11)13(17)15-10-14(18-7-6-16)4-2-3-5-14/h8-9,16H,2-7,10H2,1H3,(H,15,17). The van der Waals surface area contributed by atoms with E-state index < -0.39 is 0 Å². The Morgan fingerprint density at radius 1 is 1.53 bits per heavy atom. The zero-order valence-electron chi connectivity index (χ0n) is 11.3. The average Bonchev–Trinajstić information content (AvgIpc) is 3.03. The van der Waals surface area contributed by atoms with Gasteiger partial charge in [-0.1, -0.05) is 12.8 Å². The zero-order chi connectivity index (χ0) is 13.7. The quantitative estimate of drug-likeness (QED) is 0.840. The molecule has 19 heavy (non-hydrogen) atoms. The van der Waals surface area contributed by atoms with Crippen LogP contribution in [0.4, 0.5) is 0 Å². The van der Waals surface area contributed by atoms with Crippen LogP contribution in [0.15, 0.2) is 11.4 Å². The number of aliphatic hydroxyl groups is 1. The van der Waals surface area contributed by atoms with Gasteiger partial charge in [0.25, 0.3) is 5.91 Å². The number of hydrogen-bond donors (Lipinski definition) is 2. The summed E-state index contributed by atoms with van der Waals surface area (Å²) in [7, 11) is 0. The Balaban J connectivity index is 1.90. The molecule has 2 rings (SSSR count). The van der Waals surface area contributed by atoms with Gasteiger partial charge in [-0.15, -0.1) is 11.3 Å². The third-order valence-corrected chi connectivity index (χ3v) is 4.59. The molecule has 0 atom stereocenters. The Morgan fingerprint density at radius 2 is 2.26 bits per heavy atom. The van der Waals surface area contributed by atoms with Crippen LogP contribution >= 0.6 is 11.3 Å². The second-order valence-electron chi connectivity index (χ2n) is 5.13. The largest absolute Gasteiger partial charge is 0.394 e. The van der Waals surface area contributed by atoms with Gasteiger partial charge in [0.2, 0.25) is 0 Å². The van der Waals surface area contributed by atoms with Crippen LogP contribution < -0.4 is 5.32 Å². The highest BCUT2D eigenvalue weighted by atomic mass is 32.1. The Labute approximate surface area is 117 Å². The molecule has 1 aliphatic carbocycles. The van der Waals surface area contributed by atoms with E-state index in [4.69, 9.17) is 9.84 Å². The number of carbonyl (C=O) groups is 1. The van der Waals surface area contributed by atoms with Crippen molar-refractivity contribution in [2.75, 3.05) is 19.8 Å². The van der Waals surface area contributed by atoms with E-state index in [9.17, 15) is 4.79 Å². The summed E-state index contributed by atoms with van der Waals surface area (Å²) in [5.41, 5.74) is 0.840. The second kappa shape index (κ2) is 6.50. The first-order chi connectivity index (χ1) is 9.15. The van der Waals surface area contributed by atoms with Gasteiger partial charge >= 0.3 is 0 Å². The molecule has 0 aliphatic heterocycles. The van der Waals surface area contributed by atoms with Gasteiger partial charge in [-0.3, -0.25) is 4.79 Å². The fourth-order valence-electron chi connectivity index (χ4n) is 2.53. The van der Waals surface area contributed by atoms with Crippen molar-refractivity contribution < 1.29 is 14.6 Å². The van der Waals surface area contributed by atoms with Crippen LogP contribution in [-0.2, 0) is 4.74 Å². The normalized spacial score (nSPS) is 17.6. The van der Waals surface area contributed by atoms with Gasteiger partial charge in [-0.05, 0) is 36.8 Å². The molecule has 0 spiro atoms. The predicted molar refractivity (Wildman–Crippen MR) is 75.6 cm³/mol. The van der Waals surface area contributed by atoms with Gasteiger partial charge in [0.05, 0.1) is 23.7 Å². The minimum absolute atomic E-state index is 0.0276. The SMILES string of the molecule is Cc1csc(C(=O)NCC2(OCCO)CCCC2)c1. The Bertz CT molecular complexity index is 424. The molecule has 0 radical (unpaired) electrons. The van der Waals surface area contributed by atoms with Crippen molar-refractivity contribution in [1.82, 2.24) is 5.32 Å². The second-order valence-corrected chi connectivity index (χ2v) is 6.04. The molecule has 1 saturated carbocycles. The number of ether oxygens (including phenoxy) is 1. The van der Waals surface area contributed by atoms with Crippen LogP contribution in [0.5, 0.6) is 0 Å². The maximum Gasteiger partial charge on any atom is 0.261 e. The van der Waals surface area contributed by atoms with Crippen molar-refractivity contribution in [1.29, 1.82) is 0 Å². The summed E-state index contributed by atoms with van der Waals surface area (Å²) in [5.74, 6) is -0.0306. The highest BCUT2D eigenvalue weighted by Crippen LogP contribution is 2.32. The molecule has 106 valence electrons. The lowest BCUT2D eigenvalue weighted by atomic mass is 10.0. The molecule has 2 N–H and O–H groups in total. The molecule has 1 aliphatic rings. The lowest BCUT2D eigenvalue weighted by Gasteiger charge is -2.29. The minimum Gasteiger partial charge on any atom is -0.394 e. The fraction of sp³-hybridized carbons (Fsp3) is 0.643. The van der Waals surface area contributed by atoms with Crippen molar-refractivity contribution in [2.24, 2.45) is 0 Å². The van der Waals surface area contributed by atoms with Gasteiger partial charge in [0.1, 0.15) is 0 Å². The molecule has 0 aromatic carbocycles. The molecule has 1 fully saturated rings. The summed E-state index contributed by atoms with van der Waals surface area (Å²) in [4.78, 5) is 12.8. The van der Waals surface area contributed by atoms with Crippen LogP contribution in [0.1, 0.15) is 40.9 Å². The predicted octanol–water partition coefficient (Wildman–Crippen LogP) is 2.11. The summed E-state index contributed by atoms with van der Waals surface area (Å²) in [5, 5.41) is 13.8. The number of nitrogens with one attached hydrogen (secondary N) is 1. The first-order valence-electron chi connectivity index (χ1n) is 6.73. The summed E-state index contributed by atoms with van der Waals surface area (Å²) < 4.78 is 5.77. The number of thiophene rings is 1. The minimum atomic E-state index is -0.273. The van der Waals surface area contributed by atoms with Crippen molar-refractivity contribution in [3.63, 3.8) is 0 Å². The van der Waals surface area contributed by atoms with E-state index in [1.165, 1.54) is 11.3 Å². The zero-order valence-corrected chi connectivity index (χ0v) is 12.1. The Kier molecular flexibility index (Phi) is 4.96. The van der Waals surface area contributed by atoms with Gasteiger partial charge < -0.3 is 15.2 Å². The molecule has 0 bridgehead atoms. The van der Waals surface area contributed by atoms with E-state index in [1.807, 2.05) is 18.4 Å². The van der Waals surface area contributed by atoms with E-state index in [-0.39, 0.29) is 18.1 Å². The van der Waals surface area contributed by atoms with Gasteiger partial charge in [0, 0.05) is 6.54 Å². The molecule has 1 aromatic rings. The van der Waals surface area contributed by atoms with Gasteiger partial charge in [0.15, 0.2) is 0 Å². The third kappa shape index (κ3) is 3.78. The van der Waals surface area contributed by atoms with Crippen molar-refractivity contribution >= 4 is 17.2 Å². The highest BCUT2D eigenvalue weighted by Gasteiger charge is 2.35. The van der Waals surface area contributed by atoms with Crippen LogP contribution in [0.2, 0.25) is 0 Å². The number of carbonyl (C=O) groups excluding carboxylic acids is 1. The maximum absolute atomic E-state index is 12.0. The molecule has 1 amide bonds. The van der Waals surface area contributed by atoms with Crippen LogP contribution in [0, 0.1) is 6.92 Å². The maximum atomic E-state index is 12.0. The summed E-state index contributed by atoms with van der Waals surface area (Å²) >= 11 is 1.46. The monoisotopic (exact) mass is 283 g/mol. The lowest BCUT2D eigenvalue weighted by Crippen LogP contribution is -2.43. The van der Waals surface area contributed by atoms with Crippen molar-refractivity contribution in [3.05, 3.63) is 21.9 Å². The fourth-order valence-corrected chi connectivity index (χ4v) is 3.35. The first kappa shape index (κ1) is 14.5. The smallest absolute Gasteiger partial charge is 0.261 e. The molecular formula is C14H21NO3S. The molecule has 0 saturated heterocycles. The number of amides is 1. The van der Waals surface area contributed by atoms with Crippen molar-refractivity contribution in [2.45, 2.75) is 38.2 Å². The third-order valence-electron chi connectivity index (χ3n) is 3.54. The van der Waals surface area contributed by atoms with Gasteiger partial charge in [-0.2, -0.15) is 0 Å². The molecular weight excluding hydrogens is 262 g/mol. The number of rotatable bonds is 6. The molecule has 1 heterocycles. The summed E-state index contributed by atoms with van der Waals surface area (Å²) in [6.07, 6.45) is 4.16. The highest BCUT2D eigenvalue weighted by molar-refractivity contribution is 7.12. The summed E-state index contributed by atoms with van der Waals surface area (Å²) in [6.45, 7) is 2.88. The van der Waals surface area contributed by atoms with Crippen LogP contribution in [0.25, 0.3) is 0 Å². The average molecular weight is 283 g/mol. The van der Waals surface area contributed by atoms with E-state index in [2.05, 4.69) is 5.32 Å². The van der Waals surface area contributed by atoms with E-state index in [0.29, 0.717) is 13.2 Å². The molecule has 0 unspecified atom stereocenters. The van der Waals surface area contributed by atoms with Gasteiger partial charge in [-0.25, -0.2) is 0 Å². The van der Waals surface area contributed by atoms with E-state index in [1.54, 1.807) is 0 Å².